The molecule has 1 aliphatic heterocycles. The fourth-order valence-corrected chi connectivity index (χ4v) is 3.42. The van der Waals surface area contributed by atoms with Crippen molar-refractivity contribution in [1.29, 1.82) is 0 Å². The van der Waals surface area contributed by atoms with Gasteiger partial charge in [0.15, 0.2) is 0 Å². The molecule has 2 amide bonds. The van der Waals surface area contributed by atoms with Crippen LogP contribution in [0.1, 0.15) is 65.5 Å². The van der Waals surface area contributed by atoms with Crippen molar-refractivity contribution in [2.24, 2.45) is 0 Å². The van der Waals surface area contributed by atoms with Crippen LogP contribution in [0.5, 0.6) is 0 Å². The average molecular weight is 395 g/mol. The Kier molecular flexibility index (Phi) is 6.38. The number of rotatable bonds is 4. The standard InChI is InChI=1S/C24H30N2O3/c1-24(2,3)20-10-8-18(9-11-20)22(28)25-16-17-4-6-19(7-5-17)23(29)26-14-12-21(27)13-15-26/h4-11,21,27H,12-16H2,1-3H3,(H,25,28). The van der Waals surface area contributed by atoms with Gasteiger partial charge in [0.2, 0.25) is 0 Å². The molecule has 2 N–H and O–H groups in total. The van der Waals surface area contributed by atoms with Crippen LogP contribution < -0.4 is 5.32 Å². The number of amides is 2. The highest BCUT2D eigenvalue weighted by atomic mass is 16.3. The molecule has 2 aromatic rings. The minimum atomic E-state index is -0.297. The first kappa shape index (κ1) is 21.1. The molecule has 2 aromatic carbocycles. The molecule has 0 unspecified atom stereocenters. The summed E-state index contributed by atoms with van der Waals surface area (Å²) in [5, 5.41) is 12.5. The summed E-state index contributed by atoms with van der Waals surface area (Å²) in [5.41, 5.74) is 3.46. The molecular formula is C24H30N2O3. The van der Waals surface area contributed by atoms with Crippen molar-refractivity contribution < 1.29 is 14.7 Å². The zero-order valence-electron chi connectivity index (χ0n) is 17.4. The smallest absolute Gasteiger partial charge is 0.253 e. The van der Waals surface area contributed by atoms with Gasteiger partial charge in [-0.25, -0.2) is 0 Å². The summed E-state index contributed by atoms with van der Waals surface area (Å²) in [6.07, 6.45) is 0.966. The molecule has 5 nitrogen and oxygen atoms in total. The molecule has 0 spiro atoms. The van der Waals surface area contributed by atoms with Crippen molar-refractivity contribution in [3.8, 4) is 0 Å². The molecule has 1 aliphatic rings. The van der Waals surface area contributed by atoms with Crippen LogP contribution in [0, 0.1) is 0 Å². The third-order valence-electron chi connectivity index (χ3n) is 5.42. The number of carbonyl (C=O) groups excluding carboxylic acids is 2. The SMILES string of the molecule is CC(C)(C)c1ccc(C(=O)NCc2ccc(C(=O)N3CCC(O)CC3)cc2)cc1. The van der Waals surface area contributed by atoms with Crippen LogP contribution in [0.25, 0.3) is 0 Å². The van der Waals surface area contributed by atoms with E-state index in [9.17, 15) is 14.7 Å². The number of piperidine rings is 1. The summed E-state index contributed by atoms with van der Waals surface area (Å²) >= 11 is 0. The van der Waals surface area contributed by atoms with Crippen molar-refractivity contribution in [3.05, 3.63) is 70.8 Å². The number of hydrogen-bond acceptors (Lipinski definition) is 3. The maximum Gasteiger partial charge on any atom is 0.253 e. The Bertz CT molecular complexity index is 843. The number of aliphatic hydroxyl groups is 1. The molecule has 0 aromatic heterocycles. The molecule has 0 atom stereocenters. The van der Waals surface area contributed by atoms with E-state index in [0.29, 0.717) is 43.6 Å². The van der Waals surface area contributed by atoms with Gasteiger partial charge in [0.05, 0.1) is 6.10 Å². The maximum atomic E-state index is 12.5. The zero-order valence-corrected chi connectivity index (χ0v) is 17.4. The molecule has 154 valence electrons. The lowest BCUT2D eigenvalue weighted by molar-refractivity contribution is 0.0546. The topological polar surface area (TPSA) is 69.6 Å². The maximum absolute atomic E-state index is 12.5. The van der Waals surface area contributed by atoms with Gasteiger partial charge in [-0.15, -0.1) is 0 Å². The van der Waals surface area contributed by atoms with Crippen molar-refractivity contribution in [2.75, 3.05) is 13.1 Å². The average Bonchev–Trinajstić information content (AvgIpc) is 2.72. The molecular weight excluding hydrogens is 364 g/mol. The Labute approximate surface area is 172 Å². The molecule has 29 heavy (non-hydrogen) atoms. The van der Waals surface area contributed by atoms with Crippen LogP contribution in [0.3, 0.4) is 0 Å². The summed E-state index contributed by atoms with van der Waals surface area (Å²) in [4.78, 5) is 26.7. The monoisotopic (exact) mass is 394 g/mol. The number of carbonyl (C=O) groups is 2. The third kappa shape index (κ3) is 5.45. The summed E-state index contributed by atoms with van der Waals surface area (Å²) in [6.45, 7) is 8.02. The lowest BCUT2D eigenvalue weighted by Gasteiger charge is -2.29. The first-order chi connectivity index (χ1) is 13.7. The highest BCUT2D eigenvalue weighted by Gasteiger charge is 2.22. The van der Waals surface area contributed by atoms with E-state index in [4.69, 9.17) is 0 Å². The Morgan fingerprint density at radius 1 is 0.966 bits per heavy atom. The quantitative estimate of drug-likeness (QED) is 0.834. The van der Waals surface area contributed by atoms with Crippen LogP contribution in [-0.4, -0.2) is 41.0 Å². The van der Waals surface area contributed by atoms with Crippen LogP contribution in [0.2, 0.25) is 0 Å². The lowest BCUT2D eigenvalue weighted by Crippen LogP contribution is -2.40. The molecule has 0 bridgehead atoms. The Morgan fingerprint density at radius 3 is 2.07 bits per heavy atom. The van der Waals surface area contributed by atoms with E-state index >= 15 is 0 Å². The molecule has 0 saturated carbocycles. The van der Waals surface area contributed by atoms with E-state index in [0.717, 1.165) is 5.56 Å². The molecule has 0 radical (unpaired) electrons. The summed E-state index contributed by atoms with van der Waals surface area (Å²) in [5.74, 6) is -0.121. The summed E-state index contributed by atoms with van der Waals surface area (Å²) in [6, 6.07) is 15.0. The Hall–Kier alpha value is -2.66. The van der Waals surface area contributed by atoms with Gasteiger partial charge >= 0.3 is 0 Å². The van der Waals surface area contributed by atoms with Gasteiger partial charge in [0, 0.05) is 30.8 Å². The predicted molar refractivity (Wildman–Crippen MR) is 114 cm³/mol. The van der Waals surface area contributed by atoms with Crippen molar-refractivity contribution >= 4 is 11.8 Å². The molecule has 1 heterocycles. The van der Waals surface area contributed by atoms with Crippen LogP contribution in [0.4, 0.5) is 0 Å². The predicted octanol–water partition coefficient (Wildman–Crippen LogP) is 3.51. The highest BCUT2D eigenvalue weighted by molar-refractivity contribution is 5.95. The number of nitrogens with zero attached hydrogens (tertiary/aromatic N) is 1. The van der Waals surface area contributed by atoms with Crippen LogP contribution in [-0.2, 0) is 12.0 Å². The van der Waals surface area contributed by atoms with Crippen molar-refractivity contribution in [1.82, 2.24) is 10.2 Å². The summed E-state index contributed by atoms with van der Waals surface area (Å²) in [7, 11) is 0. The lowest BCUT2D eigenvalue weighted by atomic mass is 9.87. The first-order valence-corrected chi connectivity index (χ1v) is 10.2. The Balaban J connectivity index is 1.54. The fraction of sp³-hybridized carbons (Fsp3) is 0.417. The number of likely N-dealkylation sites (tertiary alicyclic amines) is 1. The van der Waals surface area contributed by atoms with E-state index in [2.05, 4.69) is 26.1 Å². The minimum absolute atomic E-state index is 0.00794. The largest absolute Gasteiger partial charge is 0.393 e. The van der Waals surface area contributed by atoms with E-state index in [1.165, 1.54) is 5.56 Å². The van der Waals surface area contributed by atoms with Crippen molar-refractivity contribution in [3.63, 3.8) is 0 Å². The molecule has 1 saturated heterocycles. The van der Waals surface area contributed by atoms with Gasteiger partial charge in [-0.1, -0.05) is 45.0 Å². The van der Waals surface area contributed by atoms with E-state index in [1.807, 2.05) is 36.4 Å². The molecule has 5 heteroatoms. The van der Waals surface area contributed by atoms with Gasteiger partial charge in [0.1, 0.15) is 0 Å². The molecule has 0 aliphatic carbocycles. The minimum Gasteiger partial charge on any atom is -0.393 e. The number of nitrogens with one attached hydrogen (secondary N) is 1. The number of benzene rings is 2. The Morgan fingerprint density at radius 2 is 1.52 bits per heavy atom. The zero-order chi connectivity index (χ0) is 21.0. The van der Waals surface area contributed by atoms with Gasteiger partial charge in [-0.05, 0) is 53.6 Å². The van der Waals surface area contributed by atoms with E-state index < -0.39 is 0 Å². The van der Waals surface area contributed by atoms with Gasteiger partial charge < -0.3 is 15.3 Å². The van der Waals surface area contributed by atoms with Gasteiger partial charge in [-0.3, -0.25) is 9.59 Å². The highest BCUT2D eigenvalue weighted by Crippen LogP contribution is 2.22. The number of hydrogen-bond donors (Lipinski definition) is 2. The third-order valence-corrected chi connectivity index (χ3v) is 5.42. The van der Waals surface area contributed by atoms with E-state index in [-0.39, 0.29) is 23.3 Å². The summed E-state index contributed by atoms with van der Waals surface area (Å²) < 4.78 is 0. The van der Waals surface area contributed by atoms with Gasteiger partial charge in [0.25, 0.3) is 11.8 Å². The molecule has 1 fully saturated rings. The second-order valence-electron chi connectivity index (χ2n) is 8.73. The van der Waals surface area contributed by atoms with Crippen LogP contribution >= 0.6 is 0 Å². The van der Waals surface area contributed by atoms with Gasteiger partial charge in [-0.2, -0.15) is 0 Å². The van der Waals surface area contributed by atoms with Crippen LogP contribution in [0.15, 0.2) is 48.5 Å². The fourth-order valence-electron chi connectivity index (χ4n) is 3.42. The normalized spacial score (nSPS) is 15.2. The number of aliphatic hydroxyl groups excluding tert-OH is 1. The first-order valence-electron chi connectivity index (χ1n) is 10.2. The van der Waals surface area contributed by atoms with Crippen molar-refractivity contribution in [2.45, 2.75) is 51.7 Å². The van der Waals surface area contributed by atoms with E-state index in [1.54, 1.807) is 17.0 Å². The second-order valence-corrected chi connectivity index (χ2v) is 8.73. The molecule has 3 rings (SSSR count). The second kappa shape index (κ2) is 8.78.